The number of carbonyl (C=O) groups is 2. The number of hydrazone groups is 1. The Bertz CT molecular complexity index is 1590. The summed E-state index contributed by atoms with van der Waals surface area (Å²) in [6.45, 7) is 3.74. The molecule has 0 spiro atoms. The van der Waals surface area contributed by atoms with Gasteiger partial charge in [-0.3, -0.25) is 15.5 Å². The molecule has 0 fully saturated rings. The highest BCUT2D eigenvalue weighted by molar-refractivity contribution is 5.95. The van der Waals surface area contributed by atoms with Gasteiger partial charge in [0.05, 0.1) is 36.5 Å². The van der Waals surface area contributed by atoms with Gasteiger partial charge in [-0.1, -0.05) is 18.2 Å². The maximum Gasteiger partial charge on any atom is 0.337 e. The second-order valence-corrected chi connectivity index (χ2v) is 9.70. The van der Waals surface area contributed by atoms with Crippen LogP contribution in [0.2, 0.25) is 0 Å². The van der Waals surface area contributed by atoms with Crippen LogP contribution in [0, 0.1) is 10.1 Å². The Kier molecular flexibility index (Phi) is 10.9. The van der Waals surface area contributed by atoms with Crippen molar-refractivity contribution in [2.24, 2.45) is 5.10 Å². The Morgan fingerprint density at radius 3 is 2.60 bits per heavy atom. The third-order valence-corrected chi connectivity index (χ3v) is 6.52. The lowest BCUT2D eigenvalue weighted by atomic mass is 9.95. The number of aliphatic hydroxyl groups excluding tert-OH is 1. The van der Waals surface area contributed by atoms with Crippen molar-refractivity contribution in [1.82, 2.24) is 16.1 Å². The molecule has 4 rings (SSSR count). The molecular weight excluding hydrogens is 586 g/mol. The number of aliphatic hydroxyl groups is 1. The predicted octanol–water partition coefficient (Wildman–Crippen LogP) is 3.69. The van der Waals surface area contributed by atoms with Crippen LogP contribution in [0.5, 0.6) is 17.2 Å². The molecule has 0 saturated carbocycles. The normalized spacial score (nSPS) is 15.1. The SMILES string of the molecule is CCOc1cc([C@@H]2NC(=O)NC(C)=C2C(=O)OC)ccc1OC[C@@H](O)N/N=C\c1ccc(OCc2cccc([N+](=O)[O-])c2)cc1. The van der Waals surface area contributed by atoms with E-state index < -0.39 is 29.2 Å². The monoisotopic (exact) mass is 619 g/mol. The van der Waals surface area contributed by atoms with E-state index in [-0.39, 0.29) is 24.5 Å². The van der Waals surface area contributed by atoms with Crippen LogP contribution in [0.15, 0.2) is 83.1 Å². The fourth-order valence-electron chi connectivity index (χ4n) is 4.40. The van der Waals surface area contributed by atoms with E-state index in [9.17, 15) is 24.8 Å². The summed E-state index contributed by atoms with van der Waals surface area (Å²) in [5.74, 6) is 0.687. The van der Waals surface area contributed by atoms with E-state index in [0.29, 0.717) is 40.7 Å². The Hall–Kier alpha value is -5.63. The van der Waals surface area contributed by atoms with Gasteiger partial charge in [-0.15, -0.1) is 0 Å². The molecule has 2 atom stereocenters. The van der Waals surface area contributed by atoms with E-state index in [1.807, 2.05) is 0 Å². The number of hydrogen-bond donors (Lipinski definition) is 4. The van der Waals surface area contributed by atoms with E-state index in [4.69, 9.17) is 18.9 Å². The van der Waals surface area contributed by atoms with E-state index in [0.717, 1.165) is 5.56 Å². The number of nitro benzene ring substituents is 1. The van der Waals surface area contributed by atoms with Gasteiger partial charge in [0.2, 0.25) is 0 Å². The Labute approximate surface area is 258 Å². The number of ether oxygens (including phenoxy) is 4. The molecule has 0 aliphatic carbocycles. The molecule has 3 aromatic rings. The molecule has 14 nitrogen and oxygen atoms in total. The second kappa shape index (κ2) is 15.2. The molecule has 0 unspecified atom stereocenters. The summed E-state index contributed by atoms with van der Waals surface area (Å²) in [6.07, 6.45) is 0.351. The molecule has 1 aliphatic heterocycles. The van der Waals surface area contributed by atoms with Gasteiger partial charge in [0.1, 0.15) is 19.0 Å². The third kappa shape index (κ3) is 8.70. The lowest BCUT2D eigenvalue weighted by molar-refractivity contribution is -0.384. The lowest BCUT2D eigenvalue weighted by Gasteiger charge is -2.28. The summed E-state index contributed by atoms with van der Waals surface area (Å²) in [6, 6.07) is 17.0. The van der Waals surface area contributed by atoms with Crippen LogP contribution in [0.3, 0.4) is 0 Å². The Morgan fingerprint density at radius 2 is 1.89 bits per heavy atom. The quantitative estimate of drug-likeness (QED) is 0.0683. The number of benzene rings is 3. The van der Waals surface area contributed by atoms with Gasteiger partial charge in [0, 0.05) is 17.8 Å². The molecule has 14 heteroatoms. The summed E-state index contributed by atoms with van der Waals surface area (Å²) in [5.41, 5.74) is 5.21. The highest BCUT2D eigenvalue weighted by atomic mass is 16.6. The summed E-state index contributed by atoms with van der Waals surface area (Å²) >= 11 is 0. The van der Waals surface area contributed by atoms with E-state index in [1.165, 1.54) is 25.5 Å². The minimum Gasteiger partial charge on any atom is -0.490 e. The number of rotatable bonds is 14. The summed E-state index contributed by atoms with van der Waals surface area (Å²) in [5, 5.41) is 30.7. The standard InChI is InChI=1S/C31H33N5O9/c1-4-43-26-15-22(29-28(30(38)42-3)19(2)33-31(39)34-29)10-13-25(26)45-18-27(37)35-32-16-20-8-11-24(12-9-20)44-17-21-6-5-7-23(14-21)36(40)41/h5-16,27,29,35,37H,4,17-18H2,1-3H3,(H2,33,34,39)/b32-16-/t27-,29+/m1/s1. The van der Waals surface area contributed by atoms with Gasteiger partial charge in [-0.05, 0) is 66.9 Å². The third-order valence-electron chi connectivity index (χ3n) is 6.52. The molecule has 1 heterocycles. The number of hydrogen-bond acceptors (Lipinski definition) is 11. The molecule has 0 radical (unpaired) electrons. The van der Waals surface area contributed by atoms with Gasteiger partial charge in [0.15, 0.2) is 17.7 Å². The van der Waals surface area contributed by atoms with Crippen molar-refractivity contribution in [2.45, 2.75) is 32.7 Å². The number of non-ortho nitro benzene ring substituents is 1. The second-order valence-electron chi connectivity index (χ2n) is 9.70. The van der Waals surface area contributed by atoms with Gasteiger partial charge >= 0.3 is 12.0 Å². The number of carbonyl (C=O) groups excluding carboxylic acids is 2. The number of allylic oxidation sites excluding steroid dienone is 1. The molecule has 3 aromatic carbocycles. The number of nitrogens with one attached hydrogen (secondary N) is 3. The van der Waals surface area contributed by atoms with E-state index >= 15 is 0 Å². The maximum atomic E-state index is 12.4. The zero-order valence-corrected chi connectivity index (χ0v) is 24.8. The van der Waals surface area contributed by atoms with Crippen LogP contribution in [0.1, 0.15) is 36.6 Å². The summed E-state index contributed by atoms with van der Waals surface area (Å²) in [4.78, 5) is 35.0. The Balaban J connectivity index is 1.31. The first-order valence-electron chi connectivity index (χ1n) is 13.9. The van der Waals surface area contributed by atoms with Crippen LogP contribution in [0.4, 0.5) is 10.5 Å². The maximum absolute atomic E-state index is 12.4. The van der Waals surface area contributed by atoms with E-state index in [2.05, 4.69) is 21.2 Å². The van der Waals surface area contributed by atoms with Crippen molar-refractivity contribution in [1.29, 1.82) is 0 Å². The lowest BCUT2D eigenvalue weighted by Crippen LogP contribution is -2.45. The van der Waals surface area contributed by atoms with Crippen LogP contribution >= 0.6 is 0 Å². The van der Waals surface area contributed by atoms with E-state index in [1.54, 1.807) is 68.4 Å². The van der Waals surface area contributed by atoms with Crippen LogP contribution in [0.25, 0.3) is 0 Å². The summed E-state index contributed by atoms with van der Waals surface area (Å²) in [7, 11) is 1.26. The van der Waals surface area contributed by atoms with Gasteiger partial charge in [-0.2, -0.15) is 5.10 Å². The molecule has 0 saturated heterocycles. The molecule has 2 amide bonds. The minimum absolute atomic E-state index is 0.00239. The van der Waals surface area contributed by atoms with Crippen molar-refractivity contribution in [2.75, 3.05) is 20.3 Å². The molecule has 0 aromatic heterocycles. The van der Waals surface area contributed by atoms with Crippen LogP contribution in [-0.2, 0) is 16.1 Å². The highest BCUT2D eigenvalue weighted by Gasteiger charge is 2.32. The smallest absolute Gasteiger partial charge is 0.337 e. The van der Waals surface area contributed by atoms with Crippen LogP contribution < -0.4 is 30.3 Å². The zero-order valence-electron chi connectivity index (χ0n) is 24.8. The first kappa shape index (κ1) is 32.3. The number of urea groups is 1. The van der Waals surface area contributed by atoms with Crippen molar-refractivity contribution in [3.63, 3.8) is 0 Å². The van der Waals surface area contributed by atoms with Crippen molar-refractivity contribution < 1.29 is 38.6 Å². The summed E-state index contributed by atoms with van der Waals surface area (Å²) < 4.78 is 22.1. The molecule has 236 valence electrons. The average molecular weight is 620 g/mol. The predicted molar refractivity (Wildman–Crippen MR) is 163 cm³/mol. The first-order chi connectivity index (χ1) is 21.7. The van der Waals surface area contributed by atoms with Crippen molar-refractivity contribution >= 4 is 23.9 Å². The fraction of sp³-hybridized carbons (Fsp3) is 0.258. The van der Waals surface area contributed by atoms with Crippen molar-refractivity contribution in [3.05, 3.63) is 105 Å². The van der Waals surface area contributed by atoms with Crippen molar-refractivity contribution in [3.8, 4) is 17.2 Å². The first-order valence-corrected chi connectivity index (χ1v) is 13.9. The average Bonchev–Trinajstić information content (AvgIpc) is 3.03. The molecule has 1 aliphatic rings. The number of methoxy groups -OCH3 is 1. The highest BCUT2D eigenvalue weighted by Crippen LogP contribution is 2.35. The van der Waals surface area contributed by atoms with Gasteiger partial charge in [0.25, 0.3) is 5.69 Å². The van der Waals surface area contributed by atoms with Gasteiger partial charge in [-0.25, -0.2) is 9.59 Å². The number of esters is 1. The topological polar surface area (TPSA) is 183 Å². The zero-order chi connectivity index (χ0) is 32.3. The number of nitro groups is 1. The number of nitrogens with zero attached hydrogens (tertiary/aromatic N) is 2. The minimum atomic E-state index is -1.16. The van der Waals surface area contributed by atoms with Gasteiger partial charge < -0.3 is 34.7 Å². The number of amides is 2. The fourth-order valence-corrected chi connectivity index (χ4v) is 4.40. The van der Waals surface area contributed by atoms with Crippen LogP contribution in [-0.4, -0.2) is 54.8 Å². The molecular formula is C31H33N5O9. The Morgan fingerprint density at radius 1 is 1.11 bits per heavy atom. The molecule has 4 N–H and O–H groups in total. The molecule has 0 bridgehead atoms. The molecule has 45 heavy (non-hydrogen) atoms. The largest absolute Gasteiger partial charge is 0.490 e.